The van der Waals surface area contributed by atoms with Crippen molar-refractivity contribution in [1.82, 2.24) is 29.6 Å². The zero-order valence-corrected chi connectivity index (χ0v) is 21.3. The number of carbonyl (C=O) groups excluding carboxylic acids is 1. The summed E-state index contributed by atoms with van der Waals surface area (Å²) in [6.45, 7) is 5.79. The number of aromatic nitrogens is 4. The van der Waals surface area contributed by atoms with E-state index in [1.54, 1.807) is 18.0 Å². The predicted octanol–water partition coefficient (Wildman–Crippen LogP) is 2.09. The smallest absolute Gasteiger partial charge is 0.453 e. The van der Waals surface area contributed by atoms with E-state index in [0.717, 1.165) is 17.7 Å². The maximum atomic E-state index is 13.2. The van der Waals surface area contributed by atoms with Crippen LogP contribution in [0, 0.1) is 6.92 Å². The normalized spacial score (nSPS) is 18.8. The van der Waals surface area contributed by atoms with E-state index >= 15 is 0 Å². The highest BCUT2D eigenvalue weighted by Gasteiger charge is 2.39. The van der Waals surface area contributed by atoms with Crippen molar-refractivity contribution in [3.63, 3.8) is 0 Å². The van der Waals surface area contributed by atoms with E-state index in [0.29, 0.717) is 68.3 Å². The quantitative estimate of drug-likeness (QED) is 0.515. The number of anilines is 1. The molecule has 4 heterocycles. The van der Waals surface area contributed by atoms with Crippen molar-refractivity contribution in [2.45, 2.75) is 31.5 Å². The second-order valence-electron chi connectivity index (χ2n) is 9.92. The topological polar surface area (TPSA) is 99.3 Å². The van der Waals surface area contributed by atoms with E-state index in [1.807, 2.05) is 30.0 Å². The number of likely N-dealkylation sites (N-methyl/N-ethyl adjacent to an activating group) is 1. The number of halogens is 3. The molecule has 2 fully saturated rings. The molecule has 0 spiro atoms. The standard InChI is InChI=1S/C25H30F3N7O3/c1-17-15-18(38-14-13-33-12-11-32(2)22(36)16-33)3-4-19(17)24(37)7-9-34(10-8-24)21-6-5-20-29-30-23(25(26,27)28)35(20)31-21/h3-6,15,37H,7-14,16H2,1-2H3. The van der Waals surface area contributed by atoms with E-state index in [9.17, 15) is 23.1 Å². The third-order valence-corrected chi connectivity index (χ3v) is 7.33. The summed E-state index contributed by atoms with van der Waals surface area (Å²) in [6, 6.07) is 8.67. The minimum absolute atomic E-state index is 0.0181. The molecule has 1 N–H and O–H groups in total. The lowest BCUT2D eigenvalue weighted by Gasteiger charge is -2.39. The molecular formula is C25H30F3N7O3. The van der Waals surface area contributed by atoms with Gasteiger partial charge in [0.05, 0.1) is 12.1 Å². The molecule has 3 aromatic rings. The Balaban J connectivity index is 1.20. The lowest BCUT2D eigenvalue weighted by Crippen LogP contribution is -2.49. The molecule has 0 saturated carbocycles. The van der Waals surface area contributed by atoms with E-state index in [4.69, 9.17) is 4.74 Å². The molecule has 0 atom stereocenters. The molecule has 0 radical (unpaired) electrons. The fraction of sp³-hybridized carbons (Fsp3) is 0.520. The van der Waals surface area contributed by atoms with Gasteiger partial charge >= 0.3 is 6.18 Å². The average molecular weight is 534 g/mol. The Bertz CT molecular complexity index is 1320. The first-order valence-corrected chi connectivity index (χ1v) is 12.5. The Hall–Kier alpha value is -3.45. The van der Waals surface area contributed by atoms with Gasteiger partial charge in [-0.1, -0.05) is 6.07 Å². The Morgan fingerprint density at radius 1 is 1.08 bits per heavy atom. The van der Waals surface area contributed by atoms with Crippen LogP contribution in [-0.2, 0) is 16.6 Å². The summed E-state index contributed by atoms with van der Waals surface area (Å²) >= 11 is 0. The molecule has 5 rings (SSSR count). The highest BCUT2D eigenvalue weighted by atomic mass is 19.4. The molecule has 0 unspecified atom stereocenters. The van der Waals surface area contributed by atoms with Crippen molar-refractivity contribution in [2.24, 2.45) is 0 Å². The summed E-state index contributed by atoms with van der Waals surface area (Å²) < 4.78 is 46.3. The van der Waals surface area contributed by atoms with Crippen LogP contribution >= 0.6 is 0 Å². The molecule has 2 aliphatic heterocycles. The molecule has 13 heteroatoms. The average Bonchev–Trinajstić information content (AvgIpc) is 3.31. The predicted molar refractivity (Wildman–Crippen MR) is 132 cm³/mol. The second kappa shape index (κ2) is 10.0. The van der Waals surface area contributed by atoms with Crippen molar-refractivity contribution in [3.8, 4) is 5.75 Å². The second-order valence-corrected chi connectivity index (χ2v) is 9.92. The SMILES string of the molecule is Cc1cc(OCCN2CCN(C)C(=O)C2)ccc1C1(O)CCN(c2ccc3nnc(C(F)(F)F)n3n2)CC1. The maximum Gasteiger partial charge on any atom is 0.453 e. The molecule has 0 bridgehead atoms. The van der Waals surface area contributed by atoms with Gasteiger partial charge in [-0.05, 0) is 55.2 Å². The van der Waals surface area contributed by atoms with Gasteiger partial charge in [0.25, 0.3) is 5.82 Å². The number of aryl methyl sites for hydroxylation is 1. The summed E-state index contributed by atoms with van der Waals surface area (Å²) in [6.07, 6.45) is -3.89. The van der Waals surface area contributed by atoms with Gasteiger partial charge in [0.2, 0.25) is 5.91 Å². The van der Waals surface area contributed by atoms with Crippen LogP contribution in [0.15, 0.2) is 30.3 Å². The Morgan fingerprint density at radius 2 is 1.84 bits per heavy atom. The molecule has 2 aromatic heterocycles. The van der Waals surface area contributed by atoms with Gasteiger partial charge in [0, 0.05) is 39.8 Å². The third kappa shape index (κ3) is 5.25. The first-order chi connectivity index (χ1) is 18.0. The van der Waals surface area contributed by atoms with Crippen LogP contribution < -0.4 is 9.64 Å². The van der Waals surface area contributed by atoms with Crippen LogP contribution in [0.4, 0.5) is 19.0 Å². The van der Waals surface area contributed by atoms with E-state index < -0.39 is 17.6 Å². The monoisotopic (exact) mass is 533 g/mol. The van der Waals surface area contributed by atoms with E-state index in [1.165, 1.54) is 6.07 Å². The number of rotatable bonds is 6. The highest BCUT2D eigenvalue weighted by Crippen LogP contribution is 2.37. The minimum atomic E-state index is -4.66. The lowest BCUT2D eigenvalue weighted by atomic mass is 9.82. The lowest BCUT2D eigenvalue weighted by molar-refractivity contribution is -0.146. The first-order valence-electron chi connectivity index (χ1n) is 12.5. The molecular weight excluding hydrogens is 503 g/mol. The van der Waals surface area contributed by atoms with Crippen LogP contribution in [0.1, 0.15) is 29.8 Å². The van der Waals surface area contributed by atoms with Crippen LogP contribution in [0.5, 0.6) is 5.75 Å². The number of piperidine rings is 1. The number of carbonyl (C=O) groups is 1. The largest absolute Gasteiger partial charge is 0.492 e. The van der Waals surface area contributed by atoms with Gasteiger partial charge in [0.15, 0.2) is 5.65 Å². The van der Waals surface area contributed by atoms with E-state index in [-0.39, 0.29) is 11.6 Å². The summed E-state index contributed by atoms with van der Waals surface area (Å²) in [5, 5.41) is 22.3. The summed E-state index contributed by atoms with van der Waals surface area (Å²) in [5.74, 6) is 0.00158. The van der Waals surface area contributed by atoms with Gasteiger partial charge in [-0.2, -0.15) is 17.7 Å². The Labute approximate surface area is 217 Å². The van der Waals surface area contributed by atoms with Crippen molar-refractivity contribution >= 4 is 17.4 Å². The molecule has 204 valence electrons. The van der Waals surface area contributed by atoms with Gasteiger partial charge in [-0.25, -0.2) is 0 Å². The number of nitrogens with zero attached hydrogens (tertiary/aromatic N) is 7. The number of benzene rings is 1. The number of ether oxygens (including phenoxy) is 1. The van der Waals surface area contributed by atoms with Crippen LogP contribution in [0.3, 0.4) is 0 Å². The zero-order valence-electron chi connectivity index (χ0n) is 21.3. The van der Waals surface area contributed by atoms with Crippen molar-refractivity contribution in [3.05, 3.63) is 47.3 Å². The molecule has 10 nitrogen and oxygen atoms in total. The fourth-order valence-electron chi connectivity index (χ4n) is 5.04. The molecule has 38 heavy (non-hydrogen) atoms. The third-order valence-electron chi connectivity index (χ3n) is 7.33. The first kappa shape index (κ1) is 26.2. The number of alkyl halides is 3. The highest BCUT2D eigenvalue weighted by molar-refractivity contribution is 5.78. The summed E-state index contributed by atoms with van der Waals surface area (Å²) in [4.78, 5) is 17.5. The van der Waals surface area contributed by atoms with E-state index in [2.05, 4.69) is 20.2 Å². The summed E-state index contributed by atoms with van der Waals surface area (Å²) in [7, 11) is 1.81. The van der Waals surface area contributed by atoms with Crippen LogP contribution in [0.25, 0.3) is 5.65 Å². The molecule has 1 amide bonds. The van der Waals surface area contributed by atoms with Gasteiger partial charge in [0.1, 0.15) is 18.2 Å². The zero-order chi connectivity index (χ0) is 27.1. The number of amides is 1. The number of hydrogen-bond donors (Lipinski definition) is 1. The van der Waals surface area contributed by atoms with Crippen LogP contribution in [-0.4, -0.2) is 93.5 Å². The fourth-order valence-corrected chi connectivity index (χ4v) is 5.04. The van der Waals surface area contributed by atoms with Gasteiger partial charge in [-0.3, -0.25) is 9.69 Å². The minimum Gasteiger partial charge on any atom is -0.492 e. The van der Waals surface area contributed by atoms with Crippen molar-refractivity contribution < 1.29 is 27.8 Å². The molecule has 0 aliphatic carbocycles. The molecule has 2 aliphatic rings. The van der Waals surface area contributed by atoms with Gasteiger partial charge < -0.3 is 19.6 Å². The summed E-state index contributed by atoms with van der Waals surface area (Å²) in [5.41, 5.74) is 0.643. The van der Waals surface area contributed by atoms with Crippen molar-refractivity contribution in [2.75, 3.05) is 57.8 Å². The van der Waals surface area contributed by atoms with Gasteiger partial charge in [-0.15, -0.1) is 15.3 Å². The maximum absolute atomic E-state index is 13.2. The molecule has 2 saturated heterocycles. The number of hydrogen-bond acceptors (Lipinski definition) is 8. The Kier molecular flexibility index (Phi) is 6.90. The van der Waals surface area contributed by atoms with Crippen molar-refractivity contribution in [1.29, 1.82) is 0 Å². The molecule has 1 aromatic carbocycles. The number of aliphatic hydroxyl groups is 1. The Morgan fingerprint density at radius 3 is 2.53 bits per heavy atom. The number of piperazine rings is 1. The number of fused-ring (bicyclic) bond motifs is 1. The van der Waals surface area contributed by atoms with Crippen LogP contribution in [0.2, 0.25) is 0 Å².